The minimum absolute atomic E-state index is 0.0123. The lowest BCUT2D eigenvalue weighted by atomic mass is 10.0. The molecule has 0 saturated carbocycles. The van der Waals surface area contributed by atoms with Gasteiger partial charge in [0.05, 0.1) is 13.2 Å². The minimum atomic E-state index is -3.96. The molecule has 1 heterocycles. The van der Waals surface area contributed by atoms with Gasteiger partial charge in [-0.25, -0.2) is 0 Å². The van der Waals surface area contributed by atoms with Gasteiger partial charge in [0.2, 0.25) is 17.7 Å². The maximum absolute atomic E-state index is 13.4. The van der Waals surface area contributed by atoms with E-state index in [-0.39, 0.29) is 50.8 Å². The molecule has 1 fully saturated rings. The van der Waals surface area contributed by atoms with Gasteiger partial charge >= 0.3 is 0 Å². The molecule has 2 rings (SSSR count). The van der Waals surface area contributed by atoms with Crippen LogP contribution in [0.3, 0.4) is 0 Å². The van der Waals surface area contributed by atoms with Crippen molar-refractivity contribution in [2.75, 3.05) is 32.1 Å². The van der Waals surface area contributed by atoms with Crippen LogP contribution < -0.4 is 21.1 Å². The van der Waals surface area contributed by atoms with E-state index in [2.05, 4.69) is 50.6 Å². The van der Waals surface area contributed by atoms with Gasteiger partial charge in [0, 0.05) is 28.8 Å². The van der Waals surface area contributed by atoms with Crippen LogP contribution in [0, 0.1) is 9.49 Å². The van der Waals surface area contributed by atoms with Crippen LogP contribution in [0.5, 0.6) is 0 Å². The molecule has 0 radical (unpaired) electrons. The Hall–Kier alpha value is -1.46. The number of ether oxygens (including phenoxy) is 1. The lowest BCUT2D eigenvalue weighted by molar-refractivity contribution is -0.131. The van der Waals surface area contributed by atoms with Crippen molar-refractivity contribution >= 4 is 63.2 Å². The fourth-order valence-corrected chi connectivity index (χ4v) is 5.60. The maximum Gasteiger partial charge on any atom is 0.280 e. The zero-order valence-electron chi connectivity index (χ0n) is 21.0. The predicted molar refractivity (Wildman–Crippen MR) is 152 cm³/mol. The molecule has 3 atom stereocenters. The first-order chi connectivity index (χ1) is 17.4. The smallest absolute Gasteiger partial charge is 0.280 e. The summed E-state index contributed by atoms with van der Waals surface area (Å²) in [6.45, 7) is 4.86. The second-order valence-corrected chi connectivity index (χ2v) is 12.5. The lowest BCUT2D eigenvalue weighted by Crippen LogP contribution is -2.58. The molecule has 11 nitrogen and oxygen atoms in total. The molecule has 0 unspecified atom stereocenters. The predicted octanol–water partition coefficient (Wildman–Crippen LogP) is 0.190. The third-order valence-electron chi connectivity index (χ3n) is 5.78. The summed E-state index contributed by atoms with van der Waals surface area (Å²) in [4.78, 5) is 38.2. The first kappa shape index (κ1) is 31.8. The van der Waals surface area contributed by atoms with Crippen molar-refractivity contribution in [1.29, 1.82) is 0 Å². The Morgan fingerprint density at radius 3 is 2.14 bits per heavy atom. The van der Waals surface area contributed by atoms with E-state index >= 15 is 0 Å². The summed E-state index contributed by atoms with van der Waals surface area (Å²) < 4.78 is 36.0. The van der Waals surface area contributed by atoms with E-state index in [4.69, 9.17) is 10.5 Å². The van der Waals surface area contributed by atoms with Crippen LogP contribution in [0.4, 0.5) is 0 Å². The highest BCUT2D eigenvalue weighted by atomic mass is 127. The summed E-state index contributed by atoms with van der Waals surface area (Å²) >= 11 is 6.22. The molecule has 0 bridgehead atoms. The van der Waals surface area contributed by atoms with Crippen LogP contribution in [-0.2, 0) is 35.8 Å². The Balaban J connectivity index is 2.26. The van der Waals surface area contributed by atoms with E-state index in [1.165, 1.54) is 4.31 Å². The highest BCUT2D eigenvalue weighted by Gasteiger charge is 2.33. The van der Waals surface area contributed by atoms with Crippen molar-refractivity contribution in [3.63, 3.8) is 0 Å². The van der Waals surface area contributed by atoms with Gasteiger partial charge in [0.1, 0.15) is 18.1 Å². The fourth-order valence-electron chi connectivity index (χ4n) is 3.60. The van der Waals surface area contributed by atoms with Gasteiger partial charge in [0.25, 0.3) is 10.2 Å². The van der Waals surface area contributed by atoms with Crippen molar-refractivity contribution < 1.29 is 27.5 Å². The van der Waals surface area contributed by atoms with Gasteiger partial charge in [-0.3, -0.25) is 14.4 Å². The minimum Gasteiger partial charge on any atom is -0.379 e. The van der Waals surface area contributed by atoms with Gasteiger partial charge in [0.15, 0.2) is 0 Å². The molecule has 3 amide bonds. The van der Waals surface area contributed by atoms with Crippen LogP contribution in [-0.4, -0.2) is 80.6 Å². The highest BCUT2D eigenvalue weighted by molar-refractivity contribution is 14.1. The van der Waals surface area contributed by atoms with Crippen molar-refractivity contribution in [3.8, 4) is 0 Å². The quantitative estimate of drug-likeness (QED) is 0.141. The van der Waals surface area contributed by atoms with Crippen LogP contribution >= 0.6 is 35.2 Å². The van der Waals surface area contributed by atoms with Crippen LogP contribution in [0.2, 0.25) is 0 Å². The van der Waals surface area contributed by atoms with E-state index < -0.39 is 46.1 Å². The third kappa shape index (κ3) is 10.7. The molecular weight excluding hydrogens is 633 g/mol. The monoisotopic (exact) mass is 669 g/mol. The molecule has 0 spiro atoms. The Bertz CT molecular complexity index is 1020. The number of hydrogen-bond donors (Lipinski definition) is 5. The molecule has 5 N–H and O–H groups in total. The first-order valence-electron chi connectivity index (χ1n) is 12.0. The topological polar surface area (TPSA) is 160 Å². The maximum atomic E-state index is 13.4. The number of halogens is 1. The molecule has 1 aliphatic rings. The van der Waals surface area contributed by atoms with Crippen molar-refractivity contribution in [1.82, 2.24) is 19.7 Å². The van der Waals surface area contributed by atoms with Gasteiger partial charge < -0.3 is 21.1 Å². The zero-order valence-corrected chi connectivity index (χ0v) is 24.9. The molecule has 14 heteroatoms. The summed E-state index contributed by atoms with van der Waals surface area (Å²) in [6, 6.07) is 4.19. The number of thiol groups is 1. The second-order valence-electron chi connectivity index (χ2n) is 9.20. The second kappa shape index (κ2) is 15.2. The number of morpholine rings is 1. The largest absolute Gasteiger partial charge is 0.379 e. The van der Waals surface area contributed by atoms with Gasteiger partial charge in [-0.05, 0) is 59.0 Å². The SMILES string of the molecule is CC(C)CC[C@H](NS(=O)(=O)N1CCOCC1)C(=O)N[C@@H](Cc1ccc(I)cc1)C(=O)N[C@@H](CS)C(N)=O. The average molecular weight is 670 g/mol. The lowest BCUT2D eigenvalue weighted by Gasteiger charge is -2.29. The van der Waals surface area contributed by atoms with Gasteiger partial charge in [-0.2, -0.15) is 30.1 Å². The van der Waals surface area contributed by atoms with E-state index in [1.807, 2.05) is 38.1 Å². The van der Waals surface area contributed by atoms with E-state index in [0.717, 1.165) is 9.13 Å². The molecule has 0 aromatic heterocycles. The number of nitrogens with one attached hydrogen (secondary N) is 3. The number of hydrogen-bond acceptors (Lipinski definition) is 7. The number of carbonyl (C=O) groups is 3. The Morgan fingerprint density at radius 1 is 1.03 bits per heavy atom. The van der Waals surface area contributed by atoms with Crippen LogP contribution in [0.1, 0.15) is 32.3 Å². The Morgan fingerprint density at radius 2 is 1.59 bits per heavy atom. The van der Waals surface area contributed by atoms with E-state index in [1.54, 1.807) is 0 Å². The molecule has 1 aliphatic heterocycles. The molecule has 1 saturated heterocycles. The molecule has 1 aromatic carbocycles. The molecule has 37 heavy (non-hydrogen) atoms. The number of rotatable bonds is 14. The average Bonchev–Trinajstić information content (AvgIpc) is 2.85. The van der Waals surface area contributed by atoms with Gasteiger partial charge in [-0.15, -0.1) is 0 Å². The number of nitrogens with zero attached hydrogens (tertiary/aromatic N) is 1. The fraction of sp³-hybridized carbons (Fsp3) is 0.609. The van der Waals surface area contributed by atoms with Gasteiger partial charge in [-0.1, -0.05) is 26.0 Å². The molecule has 1 aromatic rings. The third-order valence-corrected chi connectivity index (χ3v) is 8.49. The van der Waals surface area contributed by atoms with E-state index in [0.29, 0.717) is 6.42 Å². The van der Waals surface area contributed by atoms with E-state index in [9.17, 15) is 22.8 Å². The summed E-state index contributed by atoms with van der Waals surface area (Å²) in [7, 11) is -3.96. The highest BCUT2D eigenvalue weighted by Crippen LogP contribution is 2.13. The van der Waals surface area contributed by atoms with Crippen LogP contribution in [0.25, 0.3) is 0 Å². The first-order valence-corrected chi connectivity index (χ1v) is 15.2. The standard InChI is InChI=1S/C23H36IN5O6S2/c1-15(2)3-8-18(28-37(33,34)29-9-11-35-12-10-29)22(31)26-19(13-16-4-6-17(24)7-5-16)23(32)27-20(14-36)21(25)30/h4-7,15,18-20,28,36H,3,8-14H2,1-2H3,(H2,25,30)(H,26,31)(H,27,32)/t18-,19-,20-/m0/s1. The zero-order chi connectivity index (χ0) is 27.6. The molecular formula is C23H36IN5O6S2. The molecule has 208 valence electrons. The summed E-state index contributed by atoms with van der Waals surface area (Å²) in [5, 5.41) is 5.22. The van der Waals surface area contributed by atoms with Crippen molar-refractivity contribution in [2.45, 2.75) is 51.2 Å². The summed E-state index contributed by atoms with van der Waals surface area (Å²) in [6.07, 6.45) is 0.951. The summed E-state index contributed by atoms with van der Waals surface area (Å²) in [5.74, 6) is -1.80. The normalized spacial score (nSPS) is 17.1. The van der Waals surface area contributed by atoms with Crippen molar-refractivity contribution in [3.05, 3.63) is 33.4 Å². The Kier molecular flexibility index (Phi) is 13.1. The number of primary amides is 1. The van der Waals surface area contributed by atoms with Crippen LogP contribution in [0.15, 0.2) is 24.3 Å². The number of amides is 3. The Labute approximate surface area is 237 Å². The number of benzene rings is 1. The summed E-state index contributed by atoms with van der Waals surface area (Å²) in [5.41, 5.74) is 6.11. The number of nitrogens with two attached hydrogens (primary N) is 1. The molecule has 0 aliphatic carbocycles. The number of carbonyl (C=O) groups excluding carboxylic acids is 3. The van der Waals surface area contributed by atoms with Crippen molar-refractivity contribution in [2.24, 2.45) is 11.7 Å².